The second kappa shape index (κ2) is 3.40. The minimum absolute atomic E-state index is 0.0170. The van der Waals surface area contributed by atoms with Gasteiger partial charge in [0.15, 0.2) is 6.10 Å². The average Bonchev–Trinajstić information content (AvgIpc) is 2.35. The molecule has 0 fully saturated rings. The maximum Gasteiger partial charge on any atom is 0.332 e. The summed E-state index contributed by atoms with van der Waals surface area (Å²) < 4.78 is 5.08. The van der Waals surface area contributed by atoms with Gasteiger partial charge in [-0.25, -0.2) is 4.79 Å². The molecule has 0 aliphatic heterocycles. The Morgan fingerprint density at radius 3 is 2.75 bits per heavy atom. The molecule has 0 aliphatic rings. The summed E-state index contributed by atoms with van der Waals surface area (Å²) in [4.78, 5) is 10.2. The molecule has 0 amide bonds. The highest BCUT2D eigenvalue weighted by molar-refractivity contribution is 5.72. The van der Waals surface area contributed by atoms with Crippen molar-refractivity contribution in [2.24, 2.45) is 0 Å². The van der Waals surface area contributed by atoms with Crippen LogP contribution >= 0.6 is 0 Å². The van der Waals surface area contributed by atoms with E-state index >= 15 is 0 Å². The zero-order valence-electron chi connectivity index (χ0n) is 6.65. The molecule has 1 aromatic heterocycles. The lowest BCUT2D eigenvalue weighted by molar-refractivity contribution is -0.146. The number of hydrogen-bond donors (Lipinski definition) is 2. The van der Waals surface area contributed by atoms with Gasteiger partial charge in [-0.3, -0.25) is 0 Å². The maximum absolute atomic E-state index is 10.2. The van der Waals surface area contributed by atoms with E-state index in [1.807, 2.05) is 0 Å². The maximum atomic E-state index is 10.2. The van der Waals surface area contributed by atoms with Crippen LogP contribution in [0.5, 0.6) is 0 Å². The molecule has 4 heteroatoms. The van der Waals surface area contributed by atoms with Gasteiger partial charge in [0.1, 0.15) is 11.5 Å². The van der Waals surface area contributed by atoms with Gasteiger partial charge < -0.3 is 14.6 Å². The minimum Gasteiger partial charge on any atom is -0.479 e. The fourth-order valence-corrected chi connectivity index (χ4v) is 0.873. The van der Waals surface area contributed by atoms with E-state index in [2.05, 4.69) is 0 Å². The van der Waals surface area contributed by atoms with Crippen LogP contribution in [0.3, 0.4) is 0 Å². The topological polar surface area (TPSA) is 70.7 Å². The molecule has 12 heavy (non-hydrogen) atoms. The van der Waals surface area contributed by atoms with Crippen molar-refractivity contribution in [3.05, 3.63) is 23.7 Å². The number of rotatable bonds is 3. The Hall–Kier alpha value is -1.29. The van der Waals surface area contributed by atoms with Gasteiger partial charge in [-0.15, -0.1) is 0 Å². The molecule has 4 nitrogen and oxygen atoms in total. The Morgan fingerprint density at radius 2 is 2.33 bits per heavy atom. The molecule has 0 saturated carbocycles. The van der Waals surface area contributed by atoms with Gasteiger partial charge in [0.05, 0.1) is 0 Å². The van der Waals surface area contributed by atoms with Gasteiger partial charge in [-0.2, -0.15) is 0 Å². The summed E-state index contributed by atoms with van der Waals surface area (Å²) in [6, 6.07) is 3.38. The Labute approximate surface area is 69.4 Å². The lowest BCUT2D eigenvalue weighted by Gasteiger charge is -2.00. The van der Waals surface area contributed by atoms with Crippen LogP contribution in [0, 0.1) is 6.92 Å². The van der Waals surface area contributed by atoms with Gasteiger partial charge in [0.25, 0.3) is 0 Å². The fraction of sp³-hybridized carbons (Fsp3) is 0.375. The Morgan fingerprint density at radius 1 is 1.67 bits per heavy atom. The molecule has 1 atom stereocenters. The quantitative estimate of drug-likeness (QED) is 0.695. The van der Waals surface area contributed by atoms with E-state index in [-0.39, 0.29) is 6.42 Å². The van der Waals surface area contributed by atoms with Crippen LogP contribution in [0.25, 0.3) is 0 Å². The summed E-state index contributed by atoms with van der Waals surface area (Å²) in [6.45, 7) is 1.76. The minimum atomic E-state index is -1.38. The van der Waals surface area contributed by atoms with Crippen LogP contribution in [0.15, 0.2) is 16.5 Å². The fourth-order valence-electron chi connectivity index (χ4n) is 0.873. The van der Waals surface area contributed by atoms with Crippen molar-refractivity contribution >= 4 is 5.97 Å². The first-order valence-corrected chi connectivity index (χ1v) is 3.56. The van der Waals surface area contributed by atoms with Crippen molar-refractivity contribution in [1.29, 1.82) is 0 Å². The lowest BCUT2D eigenvalue weighted by Crippen LogP contribution is -2.21. The summed E-state index contributed by atoms with van der Waals surface area (Å²) in [6.07, 6.45) is -1.36. The van der Waals surface area contributed by atoms with E-state index in [0.29, 0.717) is 11.5 Å². The molecule has 1 heterocycles. The van der Waals surface area contributed by atoms with Gasteiger partial charge in [0, 0.05) is 6.42 Å². The summed E-state index contributed by atoms with van der Waals surface area (Å²) in [5.41, 5.74) is 0. The van der Waals surface area contributed by atoms with Crippen molar-refractivity contribution in [3.63, 3.8) is 0 Å². The molecule has 0 bridgehead atoms. The summed E-state index contributed by atoms with van der Waals surface area (Å²) in [7, 11) is 0. The molecular weight excluding hydrogens is 160 g/mol. The van der Waals surface area contributed by atoms with Crippen molar-refractivity contribution in [2.75, 3.05) is 0 Å². The second-order valence-electron chi connectivity index (χ2n) is 2.57. The number of hydrogen-bond acceptors (Lipinski definition) is 3. The first kappa shape index (κ1) is 8.80. The zero-order valence-corrected chi connectivity index (χ0v) is 6.65. The Bertz CT molecular complexity index is 276. The number of aliphatic carboxylic acids is 1. The average molecular weight is 170 g/mol. The van der Waals surface area contributed by atoms with Crippen molar-refractivity contribution in [1.82, 2.24) is 0 Å². The third-order valence-electron chi connectivity index (χ3n) is 1.48. The third-order valence-corrected chi connectivity index (χ3v) is 1.48. The van der Waals surface area contributed by atoms with Crippen molar-refractivity contribution in [2.45, 2.75) is 19.4 Å². The molecule has 0 spiro atoms. The Balaban J connectivity index is 2.58. The highest BCUT2D eigenvalue weighted by Crippen LogP contribution is 2.08. The number of carboxylic acids is 1. The molecular formula is C8H10O4. The summed E-state index contributed by atoms with van der Waals surface area (Å²) in [5.74, 6) is -0.0333. The highest BCUT2D eigenvalue weighted by atomic mass is 16.4. The Kier molecular flexibility index (Phi) is 2.50. The molecule has 0 aromatic carbocycles. The van der Waals surface area contributed by atoms with Crippen LogP contribution < -0.4 is 0 Å². The van der Waals surface area contributed by atoms with Crippen LogP contribution in [0.1, 0.15) is 11.5 Å². The predicted molar refractivity (Wildman–Crippen MR) is 40.8 cm³/mol. The van der Waals surface area contributed by atoms with Crippen molar-refractivity contribution < 1.29 is 19.4 Å². The number of carbonyl (C=O) groups is 1. The van der Waals surface area contributed by atoms with E-state index in [1.54, 1.807) is 19.1 Å². The predicted octanol–water partition coefficient (Wildman–Crippen LogP) is 0.576. The van der Waals surface area contributed by atoms with Gasteiger partial charge >= 0.3 is 5.97 Å². The van der Waals surface area contributed by atoms with Crippen LogP contribution in [-0.4, -0.2) is 22.3 Å². The summed E-state index contributed by atoms with van der Waals surface area (Å²) >= 11 is 0. The number of aliphatic hydroxyl groups excluding tert-OH is 1. The van der Waals surface area contributed by atoms with Crippen molar-refractivity contribution in [3.8, 4) is 0 Å². The first-order chi connectivity index (χ1) is 5.59. The van der Waals surface area contributed by atoms with Gasteiger partial charge in [0.2, 0.25) is 0 Å². The van der Waals surface area contributed by atoms with Crippen LogP contribution in [0.4, 0.5) is 0 Å². The van der Waals surface area contributed by atoms with Crippen LogP contribution in [0.2, 0.25) is 0 Å². The molecule has 0 unspecified atom stereocenters. The van der Waals surface area contributed by atoms with E-state index < -0.39 is 12.1 Å². The monoisotopic (exact) mass is 170 g/mol. The third kappa shape index (κ3) is 2.10. The zero-order chi connectivity index (χ0) is 9.14. The van der Waals surface area contributed by atoms with Gasteiger partial charge in [-0.1, -0.05) is 0 Å². The molecule has 2 N–H and O–H groups in total. The molecule has 0 radical (unpaired) electrons. The normalized spacial score (nSPS) is 12.8. The number of carboxylic acid groups (broad SMARTS) is 1. The molecule has 0 saturated heterocycles. The van der Waals surface area contributed by atoms with E-state index in [9.17, 15) is 4.79 Å². The second-order valence-corrected chi connectivity index (χ2v) is 2.57. The lowest BCUT2D eigenvalue weighted by atomic mass is 10.2. The molecule has 0 aliphatic carbocycles. The summed E-state index contributed by atoms with van der Waals surface area (Å²) in [5, 5.41) is 17.3. The van der Waals surface area contributed by atoms with E-state index in [4.69, 9.17) is 14.6 Å². The van der Waals surface area contributed by atoms with Crippen LogP contribution in [-0.2, 0) is 11.2 Å². The standard InChI is InChI=1S/C8H10O4/c1-5-2-3-6(12-5)4-7(9)8(10)11/h2-3,7,9H,4H2,1H3,(H,10,11)/t7-/m0/s1. The number of aliphatic hydroxyl groups is 1. The smallest absolute Gasteiger partial charge is 0.332 e. The molecule has 1 rings (SSSR count). The molecule has 66 valence electrons. The largest absolute Gasteiger partial charge is 0.479 e. The van der Waals surface area contributed by atoms with E-state index in [1.165, 1.54) is 0 Å². The highest BCUT2D eigenvalue weighted by Gasteiger charge is 2.15. The SMILES string of the molecule is Cc1ccc(C[C@H](O)C(=O)O)o1. The number of furan rings is 1. The first-order valence-electron chi connectivity index (χ1n) is 3.56. The van der Waals surface area contributed by atoms with E-state index in [0.717, 1.165) is 0 Å². The number of aryl methyl sites for hydroxylation is 1. The van der Waals surface area contributed by atoms with Gasteiger partial charge in [-0.05, 0) is 19.1 Å². The molecule has 1 aromatic rings.